The number of fused-ring (bicyclic) bond motifs is 1. The summed E-state index contributed by atoms with van der Waals surface area (Å²) in [6.07, 6.45) is 0. The van der Waals surface area contributed by atoms with Crippen molar-refractivity contribution in [1.82, 2.24) is 14.9 Å². The molecule has 172 valence electrons. The first-order valence-electron chi connectivity index (χ1n) is 10.9. The highest BCUT2D eigenvalue weighted by atomic mass is 16.5. The third-order valence-corrected chi connectivity index (χ3v) is 5.19. The van der Waals surface area contributed by atoms with Crippen LogP contribution in [-0.2, 0) is 4.79 Å². The van der Waals surface area contributed by atoms with Gasteiger partial charge in [-0.15, -0.1) is 0 Å². The van der Waals surface area contributed by atoms with E-state index in [-0.39, 0.29) is 24.0 Å². The minimum Gasteiger partial charge on any atom is -0.484 e. The fraction of sp³-hybridized carbons (Fsp3) is 0.154. The summed E-state index contributed by atoms with van der Waals surface area (Å²) in [6, 6.07) is 20.7. The van der Waals surface area contributed by atoms with Crippen LogP contribution < -0.4 is 20.9 Å². The molecule has 0 atom stereocenters. The summed E-state index contributed by atoms with van der Waals surface area (Å²) in [5, 5.41) is 6.01. The van der Waals surface area contributed by atoms with Gasteiger partial charge < -0.3 is 15.4 Å². The van der Waals surface area contributed by atoms with Crippen LogP contribution >= 0.6 is 0 Å². The standard InChI is InChI=1S/C26H24N4O4/c1-3-27-24(31)16-34-21-14-10-19(11-15-21)29-25(32)18-8-12-20(13-9-18)30-17(2)28-23-7-5-4-6-22(23)26(30)33/h4-15H,3,16H2,1-2H3,(H,27,31)(H,29,32). The lowest BCUT2D eigenvalue weighted by Gasteiger charge is -2.12. The Balaban J connectivity index is 1.45. The Morgan fingerprint density at radius 1 is 0.971 bits per heavy atom. The van der Waals surface area contributed by atoms with E-state index >= 15 is 0 Å². The maximum Gasteiger partial charge on any atom is 0.265 e. The molecule has 0 aliphatic carbocycles. The van der Waals surface area contributed by atoms with E-state index in [0.29, 0.717) is 46.0 Å². The molecule has 0 aliphatic rings. The molecule has 0 radical (unpaired) electrons. The number of amides is 2. The number of hydrogen-bond donors (Lipinski definition) is 2. The van der Waals surface area contributed by atoms with Crippen LogP contribution in [0, 0.1) is 6.92 Å². The van der Waals surface area contributed by atoms with Crippen molar-refractivity contribution in [2.24, 2.45) is 0 Å². The van der Waals surface area contributed by atoms with Crippen LogP contribution in [0.3, 0.4) is 0 Å². The Labute approximate surface area is 196 Å². The zero-order chi connectivity index (χ0) is 24.1. The molecule has 2 N–H and O–H groups in total. The molecule has 0 saturated carbocycles. The number of hydrogen-bond acceptors (Lipinski definition) is 5. The number of ether oxygens (including phenoxy) is 1. The van der Waals surface area contributed by atoms with Gasteiger partial charge in [0.25, 0.3) is 17.4 Å². The molecule has 4 rings (SSSR count). The zero-order valence-electron chi connectivity index (χ0n) is 18.9. The van der Waals surface area contributed by atoms with Crippen LogP contribution in [-0.4, -0.2) is 34.5 Å². The lowest BCUT2D eigenvalue weighted by molar-refractivity contribution is -0.122. The van der Waals surface area contributed by atoms with E-state index in [1.165, 1.54) is 4.57 Å². The molecule has 0 bridgehead atoms. The van der Waals surface area contributed by atoms with E-state index in [1.807, 2.05) is 19.1 Å². The van der Waals surface area contributed by atoms with Gasteiger partial charge in [0.2, 0.25) is 0 Å². The quantitative estimate of drug-likeness (QED) is 0.443. The summed E-state index contributed by atoms with van der Waals surface area (Å²) in [7, 11) is 0. The van der Waals surface area contributed by atoms with Gasteiger partial charge in [-0.05, 0) is 74.5 Å². The topological polar surface area (TPSA) is 102 Å². The normalized spacial score (nSPS) is 10.6. The highest BCUT2D eigenvalue weighted by molar-refractivity contribution is 6.04. The molecular weight excluding hydrogens is 432 g/mol. The van der Waals surface area contributed by atoms with Gasteiger partial charge >= 0.3 is 0 Å². The van der Waals surface area contributed by atoms with Crippen molar-refractivity contribution >= 4 is 28.4 Å². The minimum absolute atomic E-state index is 0.0683. The number of para-hydroxylation sites is 1. The van der Waals surface area contributed by atoms with Crippen molar-refractivity contribution in [3.63, 3.8) is 0 Å². The number of rotatable bonds is 7. The fourth-order valence-corrected chi connectivity index (χ4v) is 3.54. The number of benzene rings is 3. The summed E-state index contributed by atoms with van der Waals surface area (Å²) in [4.78, 5) is 41.6. The molecule has 3 aromatic carbocycles. The Hall–Kier alpha value is -4.46. The van der Waals surface area contributed by atoms with E-state index in [1.54, 1.807) is 67.6 Å². The molecule has 0 unspecified atom stereocenters. The average molecular weight is 457 g/mol. The van der Waals surface area contributed by atoms with E-state index in [0.717, 1.165) is 0 Å². The summed E-state index contributed by atoms with van der Waals surface area (Å²) in [5.41, 5.74) is 2.16. The smallest absolute Gasteiger partial charge is 0.265 e. The molecule has 1 heterocycles. The monoisotopic (exact) mass is 456 g/mol. The first-order valence-corrected chi connectivity index (χ1v) is 10.9. The fourth-order valence-electron chi connectivity index (χ4n) is 3.54. The predicted molar refractivity (Wildman–Crippen MR) is 131 cm³/mol. The zero-order valence-corrected chi connectivity index (χ0v) is 18.9. The van der Waals surface area contributed by atoms with Crippen LogP contribution in [0.15, 0.2) is 77.6 Å². The van der Waals surface area contributed by atoms with Crippen LogP contribution in [0.25, 0.3) is 16.6 Å². The SMILES string of the molecule is CCNC(=O)COc1ccc(NC(=O)c2ccc(-n3c(C)nc4ccccc4c3=O)cc2)cc1. The largest absolute Gasteiger partial charge is 0.484 e. The van der Waals surface area contributed by atoms with Gasteiger partial charge in [0.1, 0.15) is 11.6 Å². The minimum atomic E-state index is -0.289. The molecule has 8 heteroatoms. The molecule has 4 aromatic rings. The Morgan fingerprint density at radius 2 is 1.68 bits per heavy atom. The van der Waals surface area contributed by atoms with Gasteiger partial charge in [-0.25, -0.2) is 4.98 Å². The van der Waals surface area contributed by atoms with Crippen molar-refractivity contribution in [2.45, 2.75) is 13.8 Å². The number of carbonyl (C=O) groups excluding carboxylic acids is 2. The van der Waals surface area contributed by atoms with Gasteiger partial charge in [0.15, 0.2) is 6.61 Å². The van der Waals surface area contributed by atoms with E-state index < -0.39 is 0 Å². The van der Waals surface area contributed by atoms with Gasteiger partial charge in [0.05, 0.1) is 16.6 Å². The molecule has 34 heavy (non-hydrogen) atoms. The third kappa shape index (κ3) is 4.96. The van der Waals surface area contributed by atoms with Crippen molar-refractivity contribution < 1.29 is 14.3 Å². The van der Waals surface area contributed by atoms with E-state index in [9.17, 15) is 14.4 Å². The van der Waals surface area contributed by atoms with E-state index in [4.69, 9.17) is 4.74 Å². The Bertz CT molecular complexity index is 1390. The maximum atomic E-state index is 13.0. The lowest BCUT2D eigenvalue weighted by Crippen LogP contribution is -2.28. The van der Waals surface area contributed by atoms with Gasteiger partial charge in [-0.1, -0.05) is 12.1 Å². The number of carbonyl (C=O) groups is 2. The van der Waals surface area contributed by atoms with Crippen LogP contribution in [0.2, 0.25) is 0 Å². The van der Waals surface area contributed by atoms with E-state index in [2.05, 4.69) is 15.6 Å². The molecule has 0 spiro atoms. The second kappa shape index (κ2) is 9.99. The van der Waals surface area contributed by atoms with Crippen molar-refractivity contribution in [3.05, 3.63) is 94.5 Å². The van der Waals surface area contributed by atoms with Crippen LogP contribution in [0.1, 0.15) is 23.1 Å². The molecule has 0 aliphatic heterocycles. The molecular formula is C26H24N4O4. The molecule has 2 amide bonds. The first kappa shape index (κ1) is 22.7. The van der Waals surface area contributed by atoms with Crippen LogP contribution in [0.4, 0.5) is 5.69 Å². The predicted octanol–water partition coefficient (Wildman–Crippen LogP) is 3.46. The number of likely N-dealkylation sites (N-methyl/N-ethyl adjacent to an activating group) is 1. The number of aromatic nitrogens is 2. The molecule has 1 aromatic heterocycles. The first-order chi connectivity index (χ1) is 16.5. The Kier molecular flexibility index (Phi) is 6.68. The van der Waals surface area contributed by atoms with Crippen molar-refractivity contribution in [1.29, 1.82) is 0 Å². The van der Waals surface area contributed by atoms with Gasteiger partial charge in [0, 0.05) is 17.8 Å². The van der Waals surface area contributed by atoms with Gasteiger partial charge in [-0.3, -0.25) is 19.0 Å². The third-order valence-electron chi connectivity index (χ3n) is 5.19. The van der Waals surface area contributed by atoms with Gasteiger partial charge in [-0.2, -0.15) is 0 Å². The highest BCUT2D eigenvalue weighted by Gasteiger charge is 2.11. The number of aryl methyl sites for hydroxylation is 1. The number of anilines is 1. The lowest BCUT2D eigenvalue weighted by atomic mass is 10.1. The molecule has 0 saturated heterocycles. The second-order valence-electron chi connectivity index (χ2n) is 7.58. The summed E-state index contributed by atoms with van der Waals surface area (Å²) >= 11 is 0. The molecule has 8 nitrogen and oxygen atoms in total. The van der Waals surface area contributed by atoms with Crippen molar-refractivity contribution in [3.8, 4) is 11.4 Å². The summed E-state index contributed by atoms with van der Waals surface area (Å²) in [5.74, 6) is 0.609. The second-order valence-corrected chi connectivity index (χ2v) is 7.58. The average Bonchev–Trinajstić information content (AvgIpc) is 2.84. The summed E-state index contributed by atoms with van der Waals surface area (Å²) < 4.78 is 6.94. The van der Waals surface area contributed by atoms with Crippen molar-refractivity contribution in [2.75, 3.05) is 18.5 Å². The molecule has 0 fully saturated rings. The number of nitrogens with one attached hydrogen (secondary N) is 2. The number of nitrogens with zero attached hydrogens (tertiary/aromatic N) is 2. The maximum absolute atomic E-state index is 13.0. The highest BCUT2D eigenvalue weighted by Crippen LogP contribution is 2.18. The Morgan fingerprint density at radius 3 is 2.38 bits per heavy atom. The van der Waals surface area contributed by atoms with Crippen LogP contribution in [0.5, 0.6) is 5.75 Å². The summed E-state index contributed by atoms with van der Waals surface area (Å²) in [6.45, 7) is 4.09.